The third-order valence-corrected chi connectivity index (χ3v) is 2.04. The molecule has 6 nitrogen and oxygen atoms in total. The van der Waals surface area contributed by atoms with Gasteiger partial charge in [0.05, 0.1) is 6.20 Å². The maximum Gasteiger partial charge on any atom is 0.122 e. The van der Waals surface area contributed by atoms with Crippen LogP contribution in [0.4, 0.5) is 0 Å². The Morgan fingerprint density at radius 1 is 1.00 bits per heavy atom. The Morgan fingerprint density at radius 2 is 2.00 bits per heavy atom. The Hall–Kier alpha value is -2.24. The zero-order valence-electron chi connectivity index (χ0n) is 7.10. The lowest BCUT2D eigenvalue weighted by atomic mass is 10.1. The molecule has 68 valence electrons. The number of benzene rings is 1. The zero-order valence-corrected chi connectivity index (χ0v) is 7.10. The van der Waals surface area contributed by atoms with Crippen molar-refractivity contribution in [2.45, 2.75) is 0 Å². The normalized spacial score (nSPS) is 10.9. The van der Waals surface area contributed by atoms with Crippen LogP contribution in [0.2, 0.25) is 0 Å². The fourth-order valence-corrected chi connectivity index (χ4v) is 1.41. The third kappa shape index (κ3) is 0.905. The highest BCUT2D eigenvalue weighted by Gasteiger charge is 2.08. The van der Waals surface area contributed by atoms with Gasteiger partial charge in [0, 0.05) is 5.56 Å². The maximum atomic E-state index is 4.06. The third-order valence-electron chi connectivity index (χ3n) is 2.04. The van der Waals surface area contributed by atoms with Gasteiger partial charge in [-0.1, -0.05) is 12.1 Å². The Morgan fingerprint density at radius 3 is 2.86 bits per heavy atom. The van der Waals surface area contributed by atoms with E-state index in [0.29, 0.717) is 0 Å². The van der Waals surface area contributed by atoms with Crippen LogP contribution in [0.5, 0.6) is 0 Å². The monoisotopic (exact) mass is 186 g/mol. The summed E-state index contributed by atoms with van der Waals surface area (Å²) in [6.45, 7) is 0. The van der Waals surface area contributed by atoms with E-state index in [9.17, 15) is 0 Å². The van der Waals surface area contributed by atoms with Gasteiger partial charge in [0.2, 0.25) is 0 Å². The van der Waals surface area contributed by atoms with E-state index in [1.807, 2.05) is 18.2 Å². The van der Waals surface area contributed by atoms with Crippen LogP contribution in [0.25, 0.3) is 22.3 Å². The second kappa shape index (κ2) is 2.63. The highest BCUT2D eigenvalue weighted by molar-refractivity contribution is 5.89. The lowest BCUT2D eigenvalue weighted by molar-refractivity contribution is 0.941. The summed E-state index contributed by atoms with van der Waals surface area (Å²) in [5.41, 5.74) is 3.32. The molecule has 0 atom stereocenters. The summed E-state index contributed by atoms with van der Waals surface area (Å²) < 4.78 is 0. The number of nitrogens with one attached hydrogen (secondary N) is 2. The molecule has 0 amide bonds. The Balaban J connectivity index is 2.36. The molecule has 2 N–H and O–H groups in total. The molecule has 0 aliphatic carbocycles. The first-order chi connectivity index (χ1) is 6.95. The molecule has 6 heteroatoms. The number of aromatic amines is 2. The number of aromatic nitrogens is 6. The number of para-hydroxylation sites is 1. The number of fused-ring (bicyclic) bond motifs is 1. The first-order valence-corrected chi connectivity index (χ1v) is 4.11. The first-order valence-electron chi connectivity index (χ1n) is 4.11. The summed E-state index contributed by atoms with van der Waals surface area (Å²) in [5, 5.41) is 21.0. The van der Waals surface area contributed by atoms with Crippen molar-refractivity contribution < 1.29 is 0 Å². The van der Waals surface area contributed by atoms with E-state index >= 15 is 0 Å². The van der Waals surface area contributed by atoms with Crippen LogP contribution in [0.1, 0.15) is 0 Å². The van der Waals surface area contributed by atoms with Crippen LogP contribution >= 0.6 is 0 Å². The molecule has 0 aliphatic heterocycles. The van der Waals surface area contributed by atoms with Crippen LogP contribution in [-0.4, -0.2) is 30.8 Å². The average molecular weight is 186 g/mol. The average Bonchev–Trinajstić information content (AvgIpc) is 2.88. The van der Waals surface area contributed by atoms with Crippen molar-refractivity contribution in [3.05, 3.63) is 24.4 Å². The number of rotatable bonds is 1. The topological polar surface area (TPSA) is 83.1 Å². The van der Waals surface area contributed by atoms with E-state index in [2.05, 4.69) is 30.8 Å². The largest absolute Gasteiger partial charge is 0.197 e. The molecule has 2 heterocycles. The standard InChI is InChI=1S/C8H6N6/c1-2-5(7-4-9-13-11-7)8-6(3-1)10-14-12-8/h1-4H,(H,9,11,13)(H,10,12,14). The highest BCUT2D eigenvalue weighted by atomic mass is 15.3. The predicted octanol–water partition coefficient (Wildman–Crippen LogP) is 0.743. The quantitative estimate of drug-likeness (QED) is 0.587. The molecule has 14 heavy (non-hydrogen) atoms. The molecule has 1 aromatic carbocycles. The summed E-state index contributed by atoms with van der Waals surface area (Å²) in [5.74, 6) is 0. The molecule has 0 radical (unpaired) electrons. The summed E-state index contributed by atoms with van der Waals surface area (Å²) in [7, 11) is 0. The molecule has 0 saturated heterocycles. The second-order valence-corrected chi connectivity index (χ2v) is 2.85. The smallest absolute Gasteiger partial charge is 0.122 e. The molecular weight excluding hydrogens is 180 g/mol. The number of hydrogen-bond acceptors (Lipinski definition) is 4. The van der Waals surface area contributed by atoms with Crippen molar-refractivity contribution in [1.82, 2.24) is 30.8 Å². The second-order valence-electron chi connectivity index (χ2n) is 2.85. The van der Waals surface area contributed by atoms with Gasteiger partial charge in [0.1, 0.15) is 16.7 Å². The van der Waals surface area contributed by atoms with Crippen molar-refractivity contribution in [2.24, 2.45) is 0 Å². The Bertz CT molecular complexity index is 552. The van der Waals surface area contributed by atoms with E-state index < -0.39 is 0 Å². The molecule has 0 unspecified atom stereocenters. The molecule has 0 aliphatic rings. The van der Waals surface area contributed by atoms with Crippen LogP contribution in [0.15, 0.2) is 24.4 Å². The van der Waals surface area contributed by atoms with Gasteiger partial charge in [0.15, 0.2) is 0 Å². The summed E-state index contributed by atoms with van der Waals surface area (Å²) >= 11 is 0. The van der Waals surface area contributed by atoms with Crippen LogP contribution in [0, 0.1) is 0 Å². The first kappa shape index (κ1) is 7.19. The SMILES string of the molecule is c1cc(-c2cn[nH]n2)c2n[nH]nc2c1. The van der Waals surface area contributed by atoms with E-state index in [-0.39, 0.29) is 0 Å². The fourth-order valence-electron chi connectivity index (χ4n) is 1.41. The van der Waals surface area contributed by atoms with E-state index in [4.69, 9.17) is 0 Å². The molecule has 3 aromatic rings. The van der Waals surface area contributed by atoms with E-state index in [1.54, 1.807) is 6.20 Å². The number of nitrogens with zero attached hydrogens (tertiary/aromatic N) is 4. The van der Waals surface area contributed by atoms with Gasteiger partial charge < -0.3 is 0 Å². The van der Waals surface area contributed by atoms with Crippen molar-refractivity contribution in [1.29, 1.82) is 0 Å². The summed E-state index contributed by atoms with van der Waals surface area (Å²) in [6, 6.07) is 5.74. The van der Waals surface area contributed by atoms with Crippen LogP contribution < -0.4 is 0 Å². The van der Waals surface area contributed by atoms with Gasteiger partial charge in [-0.3, -0.25) is 0 Å². The minimum atomic E-state index is 0.768. The zero-order chi connectivity index (χ0) is 9.38. The van der Waals surface area contributed by atoms with E-state index in [0.717, 1.165) is 22.3 Å². The minimum Gasteiger partial charge on any atom is -0.197 e. The van der Waals surface area contributed by atoms with Crippen molar-refractivity contribution in [3.63, 3.8) is 0 Å². The summed E-state index contributed by atoms with van der Waals surface area (Å²) in [6.07, 6.45) is 1.66. The molecule has 2 aromatic heterocycles. The summed E-state index contributed by atoms with van der Waals surface area (Å²) in [4.78, 5) is 0. The molecular formula is C8H6N6. The number of hydrogen-bond donors (Lipinski definition) is 2. The van der Waals surface area contributed by atoms with Crippen molar-refractivity contribution in [2.75, 3.05) is 0 Å². The molecule has 0 spiro atoms. The van der Waals surface area contributed by atoms with Crippen LogP contribution in [0.3, 0.4) is 0 Å². The molecule has 0 saturated carbocycles. The van der Waals surface area contributed by atoms with Gasteiger partial charge in [-0.2, -0.15) is 30.8 Å². The predicted molar refractivity (Wildman–Crippen MR) is 49.3 cm³/mol. The minimum absolute atomic E-state index is 0.768. The Labute approximate surface area is 78.3 Å². The van der Waals surface area contributed by atoms with Gasteiger partial charge in [-0.15, -0.1) is 0 Å². The fraction of sp³-hybridized carbons (Fsp3) is 0. The van der Waals surface area contributed by atoms with Gasteiger partial charge >= 0.3 is 0 Å². The van der Waals surface area contributed by atoms with Gasteiger partial charge in [0.25, 0.3) is 0 Å². The highest BCUT2D eigenvalue weighted by Crippen LogP contribution is 2.22. The molecule has 0 bridgehead atoms. The number of H-pyrrole nitrogens is 2. The molecule has 3 rings (SSSR count). The van der Waals surface area contributed by atoms with E-state index in [1.165, 1.54) is 0 Å². The molecule has 0 fully saturated rings. The maximum absolute atomic E-state index is 4.06. The Kier molecular flexibility index (Phi) is 1.35. The van der Waals surface area contributed by atoms with Crippen molar-refractivity contribution in [3.8, 4) is 11.3 Å². The van der Waals surface area contributed by atoms with Crippen LogP contribution in [-0.2, 0) is 0 Å². The van der Waals surface area contributed by atoms with Crippen molar-refractivity contribution >= 4 is 11.0 Å². The lowest BCUT2D eigenvalue weighted by Crippen LogP contribution is -1.80. The van der Waals surface area contributed by atoms with Gasteiger partial charge in [-0.25, -0.2) is 0 Å². The lowest BCUT2D eigenvalue weighted by Gasteiger charge is -1.94. The van der Waals surface area contributed by atoms with Gasteiger partial charge in [-0.05, 0) is 6.07 Å².